The van der Waals surface area contributed by atoms with Crippen LogP contribution >= 0.6 is 11.3 Å². The number of hydrogen-bond acceptors (Lipinski definition) is 3. The summed E-state index contributed by atoms with van der Waals surface area (Å²) in [5.41, 5.74) is 2.03. The maximum Gasteiger partial charge on any atom is 0.229 e. The number of hydrogen-bond donors (Lipinski definition) is 2. The van der Waals surface area contributed by atoms with E-state index in [9.17, 15) is 4.79 Å². The molecule has 3 unspecified atom stereocenters. The fraction of sp³-hybridized carbons (Fsp3) is 0.353. The third-order valence-electron chi connectivity index (χ3n) is 4.61. The Balaban J connectivity index is 1.56. The Hall–Kier alpha value is -1.65. The second-order valence-corrected chi connectivity index (χ2v) is 6.85. The summed E-state index contributed by atoms with van der Waals surface area (Å²) in [7, 11) is 0. The van der Waals surface area contributed by atoms with E-state index in [0.29, 0.717) is 12.1 Å². The van der Waals surface area contributed by atoms with Gasteiger partial charge in [0.05, 0.1) is 5.92 Å². The summed E-state index contributed by atoms with van der Waals surface area (Å²) in [6, 6.07) is 13.1. The van der Waals surface area contributed by atoms with Crippen molar-refractivity contribution in [2.45, 2.75) is 31.3 Å². The molecule has 1 aromatic carbocycles. The molecule has 3 atom stereocenters. The fourth-order valence-electron chi connectivity index (χ4n) is 3.58. The Morgan fingerprint density at radius 1 is 1.19 bits per heavy atom. The number of carbonyl (C=O) groups is 1. The van der Waals surface area contributed by atoms with Gasteiger partial charge >= 0.3 is 0 Å². The molecule has 0 aliphatic carbocycles. The fourth-order valence-corrected chi connectivity index (χ4v) is 4.34. The lowest BCUT2D eigenvalue weighted by molar-refractivity contribution is -0.120. The van der Waals surface area contributed by atoms with Crippen LogP contribution in [-0.2, 0) is 4.79 Å². The zero-order valence-corrected chi connectivity index (χ0v) is 12.5. The molecule has 1 amide bonds. The first-order valence-electron chi connectivity index (χ1n) is 7.51. The number of nitrogens with one attached hydrogen (secondary N) is 2. The van der Waals surface area contributed by atoms with E-state index < -0.39 is 0 Å². The lowest BCUT2D eigenvalue weighted by atomic mass is 9.88. The van der Waals surface area contributed by atoms with Crippen molar-refractivity contribution >= 4 is 22.9 Å². The molecule has 108 valence electrons. The maximum absolute atomic E-state index is 12.6. The predicted octanol–water partition coefficient (Wildman–Crippen LogP) is 3.49. The van der Waals surface area contributed by atoms with Crippen LogP contribution in [0.15, 0.2) is 41.8 Å². The monoisotopic (exact) mass is 298 g/mol. The molecule has 4 heteroatoms. The molecule has 2 fully saturated rings. The van der Waals surface area contributed by atoms with Crippen molar-refractivity contribution in [3.8, 4) is 10.4 Å². The average molecular weight is 298 g/mol. The molecule has 0 radical (unpaired) electrons. The zero-order chi connectivity index (χ0) is 14.2. The highest BCUT2D eigenvalue weighted by Gasteiger charge is 2.42. The molecule has 2 bridgehead atoms. The summed E-state index contributed by atoms with van der Waals surface area (Å²) in [5.74, 6) is 0.291. The molecule has 1 aromatic heterocycles. The molecule has 0 spiro atoms. The van der Waals surface area contributed by atoms with Crippen LogP contribution < -0.4 is 10.6 Å². The first-order valence-corrected chi connectivity index (χ1v) is 8.39. The van der Waals surface area contributed by atoms with Crippen LogP contribution in [0.4, 0.5) is 5.69 Å². The SMILES string of the molecule is O=C(Nc1ccccc1-c1cccs1)C1CC2CCC1N2. The lowest BCUT2D eigenvalue weighted by Gasteiger charge is -2.20. The summed E-state index contributed by atoms with van der Waals surface area (Å²) < 4.78 is 0. The van der Waals surface area contributed by atoms with Gasteiger partial charge in [-0.3, -0.25) is 4.79 Å². The van der Waals surface area contributed by atoms with E-state index in [1.807, 2.05) is 24.3 Å². The number of anilines is 1. The minimum Gasteiger partial charge on any atom is -0.325 e. The van der Waals surface area contributed by atoms with Gasteiger partial charge in [-0.1, -0.05) is 24.3 Å². The molecule has 3 heterocycles. The molecule has 0 saturated carbocycles. The van der Waals surface area contributed by atoms with E-state index in [1.54, 1.807) is 11.3 Å². The summed E-state index contributed by atoms with van der Waals surface area (Å²) >= 11 is 1.70. The van der Waals surface area contributed by atoms with Gasteiger partial charge in [0.1, 0.15) is 0 Å². The van der Waals surface area contributed by atoms with Gasteiger partial charge < -0.3 is 10.6 Å². The van der Waals surface area contributed by atoms with Crippen molar-refractivity contribution in [3.63, 3.8) is 0 Å². The molecule has 21 heavy (non-hydrogen) atoms. The second-order valence-electron chi connectivity index (χ2n) is 5.90. The molecular weight excluding hydrogens is 280 g/mol. The molecule has 2 aromatic rings. The van der Waals surface area contributed by atoms with E-state index in [-0.39, 0.29) is 11.8 Å². The highest BCUT2D eigenvalue weighted by Crippen LogP contribution is 2.35. The van der Waals surface area contributed by atoms with E-state index >= 15 is 0 Å². The van der Waals surface area contributed by atoms with E-state index in [1.165, 1.54) is 11.3 Å². The highest BCUT2D eigenvalue weighted by atomic mass is 32.1. The first-order chi connectivity index (χ1) is 10.3. The van der Waals surface area contributed by atoms with Crippen molar-refractivity contribution in [2.75, 3.05) is 5.32 Å². The third-order valence-corrected chi connectivity index (χ3v) is 5.51. The zero-order valence-electron chi connectivity index (χ0n) is 11.7. The van der Waals surface area contributed by atoms with Gasteiger partial charge in [-0.2, -0.15) is 0 Å². The van der Waals surface area contributed by atoms with Crippen LogP contribution in [-0.4, -0.2) is 18.0 Å². The van der Waals surface area contributed by atoms with E-state index in [2.05, 4.69) is 28.1 Å². The van der Waals surface area contributed by atoms with Crippen LogP contribution in [0.5, 0.6) is 0 Å². The minimum absolute atomic E-state index is 0.125. The number of para-hydroxylation sites is 1. The summed E-state index contributed by atoms with van der Waals surface area (Å²) in [4.78, 5) is 13.8. The summed E-state index contributed by atoms with van der Waals surface area (Å²) in [5, 5.41) is 8.74. The van der Waals surface area contributed by atoms with Gasteiger partial charge in [-0.05, 0) is 36.8 Å². The smallest absolute Gasteiger partial charge is 0.229 e. The molecular formula is C17H18N2OS. The van der Waals surface area contributed by atoms with Gasteiger partial charge in [-0.25, -0.2) is 0 Å². The molecule has 2 aliphatic heterocycles. The van der Waals surface area contributed by atoms with Gasteiger partial charge in [0, 0.05) is 28.2 Å². The highest BCUT2D eigenvalue weighted by molar-refractivity contribution is 7.13. The Morgan fingerprint density at radius 3 is 2.81 bits per heavy atom. The minimum atomic E-state index is 0.125. The number of thiophene rings is 1. The standard InChI is InChI=1S/C17H18N2OS/c20-17(13-10-11-7-8-15(13)18-11)19-14-5-2-1-4-12(14)16-6-3-9-21-16/h1-6,9,11,13,15,18H,7-8,10H2,(H,19,20). The normalized spacial score (nSPS) is 27.0. The van der Waals surface area contributed by atoms with Gasteiger partial charge in [-0.15, -0.1) is 11.3 Å². The Morgan fingerprint density at radius 2 is 2.10 bits per heavy atom. The van der Waals surface area contributed by atoms with Crippen LogP contribution in [0.1, 0.15) is 19.3 Å². The van der Waals surface area contributed by atoms with Crippen molar-refractivity contribution in [1.29, 1.82) is 0 Å². The van der Waals surface area contributed by atoms with Gasteiger partial charge in [0.25, 0.3) is 0 Å². The van der Waals surface area contributed by atoms with Crippen molar-refractivity contribution < 1.29 is 4.79 Å². The Bertz CT molecular complexity index is 653. The molecule has 2 aliphatic rings. The van der Waals surface area contributed by atoms with Crippen LogP contribution in [0, 0.1) is 5.92 Å². The average Bonchev–Trinajstić information content (AvgIpc) is 3.25. The lowest BCUT2D eigenvalue weighted by Crippen LogP contribution is -2.32. The predicted molar refractivity (Wildman–Crippen MR) is 86.4 cm³/mol. The van der Waals surface area contributed by atoms with Crippen molar-refractivity contribution in [2.24, 2.45) is 5.92 Å². The first kappa shape index (κ1) is 13.0. The maximum atomic E-state index is 12.6. The Labute approximate surface area is 128 Å². The van der Waals surface area contributed by atoms with Gasteiger partial charge in [0.2, 0.25) is 5.91 Å². The summed E-state index contributed by atoms with van der Waals surface area (Å²) in [6.07, 6.45) is 3.34. The number of amides is 1. The molecule has 2 N–H and O–H groups in total. The van der Waals surface area contributed by atoms with E-state index in [4.69, 9.17) is 0 Å². The number of rotatable bonds is 3. The molecule has 4 rings (SSSR count). The van der Waals surface area contributed by atoms with Crippen LogP contribution in [0.2, 0.25) is 0 Å². The van der Waals surface area contributed by atoms with Crippen LogP contribution in [0.25, 0.3) is 10.4 Å². The molecule has 2 saturated heterocycles. The van der Waals surface area contributed by atoms with Crippen molar-refractivity contribution in [1.82, 2.24) is 5.32 Å². The quantitative estimate of drug-likeness (QED) is 0.910. The number of fused-ring (bicyclic) bond motifs is 2. The largest absolute Gasteiger partial charge is 0.325 e. The number of carbonyl (C=O) groups excluding carboxylic acids is 1. The number of benzene rings is 1. The van der Waals surface area contributed by atoms with E-state index in [0.717, 1.165) is 24.1 Å². The van der Waals surface area contributed by atoms with Gasteiger partial charge in [0.15, 0.2) is 0 Å². The second kappa shape index (κ2) is 5.28. The molecule has 3 nitrogen and oxygen atoms in total. The Kier molecular flexibility index (Phi) is 3.28. The summed E-state index contributed by atoms with van der Waals surface area (Å²) in [6.45, 7) is 0. The van der Waals surface area contributed by atoms with Crippen LogP contribution in [0.3, 0.4) is 0 Å². The third kappa shape index (κ3) is 2.39. The van der Waals surface area contributed by atoms with Crippen molar-refractivity contribution in [3.05, 3.63) is 41.8 Å². The topological polar surface area (TPSA) is 41.1 Å².